The minimum Gasteiger partial charge on any atom is -0.386 e. The van der Waals surface area contributed by atoms with Gasteiger partial charge in [0.25, 0.3) is 0 Å². The first-order valence-electron chi connectivity index (χ1n) is 4.03. The highest BCUT2D eigenvalue weighted by Gasteiger charge is 2.04. The Morgan fingerprint density at radius 2 is 2.00 bits per heavy atom. The highest BCUT2D eigenvalue weighted by atomic mass is 16.3. The van der Waals surface area contributed by atoms with Crippen molar-refractivity contribution in [2.24, 2.45) is 0 Å². The maximum atomic E-state index is 9.29. The van der Waals surface area contributed by atoms with Crippen LogP contribution in [-0.2, 0) is 0 Å². The summed E-state index contributed by atoms with van der Waals surface area (Å²) in [6.45, 7) is 7.72. The van der Waals surface area contributed by atoms with Crippen LogP contribution in [0.1, 0.15) is 34.1 Å². The zero-order valence-electron chi connectivity index (χ0n) is 7.89. The molecule has 0 aromatic carbocycles. The maximum absolute atomic E-state index is 9.29. The monoisotopic (exact) mass is 154 g/mol. The van der Waals surface area contributed by atoms with E-state index in [-0.39, 0.29) is 0 Å². The molecule has 1 nitrogen and oxygen atoms in total. The Balaban J connectivity index is 3.96. The first-order valence-corrected chi connectivity index (χ1v) is 4.03. The Morgan fingerprint density at radius 3 is 2.36 bits per heavy atom. The lowest BCUT2D eigenvalue weighted by molar-refractivity contribution is 0.133. The molecule has 0 saturated carbocycles. The summed E-state index contributed by atoms with van der Waals surface area (Å²) < 4.78 is 0. The summed E-state index contributed by atoms with van der Waals surface area (Å²) in [5, 5.41) is 9.29. The molecule has 0 saturated heterocycles. The summed E-state index contributed by atoms with van der Waals surface area (Å²) >= 11 is 0. The molecule has 11 heavy (non-hydrogen) atoms. The molecule has 0 aliphatic rings. The van der Waals surface area contributed by atoms with Gasteiger partial charge >= 0.3 is 0 Å². The number of rotatable bonds is 3. The fraction of sp³-hybridized carbons (Fsp3) is 0.600. The van der Waals surface area contributed by atoms with E-state index in [0.29, 0.717) is 0 Å². The van der Waals surface area contributed by atoms with Crippen molar-refractivity contribution in [3.63, 3.8) is 0 Å². The van der Waals surface area contributed by atoms with Gasteiger partial charge in [-0.3, -0.25) is 0 Å². The molecule has 1 N–H and O–H groups in total. The van der Waals surface area contributed by atoms with Crippen LogP contribution in [0.3, 0.4) is 0 Å². The summed E-state index contributed by atoms with van der Waals surface area (Å²) in [5.74, 6) is 0. The van der Waals surface area contributed by atoms with Crippen LogP contribution in [0, 0.1) is 0 Å². The Morgan fingerprint density at radius 1 is 1.45 bits per heavy atom. The largest absolute Gasteiger partial charge is 0.386 e. The highest BCUT2D eigenvalue weighted by molar-refractivity contribution is 5.12. The van der Waals surface area contributed by atoms with Gasteiger partial charge in [0, 0.05) is 0 Å². The average molecular weight is 154 g/mol. The Hall–Kier alpha value is -0.560. The molecule has 0 aromatic rings. The predicted molar refractivity (Wildman–Crippen MR) is 49.5 cm³/mol. The van der Waals surface area contributed by atoms with Crippen molar-refractivity contribution < 1.29 is 5.11 Å². The molecular weight excluding hydrogens is 136 g/mol. The van der Waals surface area contributed by atoms with Crippen molar-refractivity contribution in [2.45, 2.75) is 39.7 Å². The fourth-order valence-electron chi connectivity index (χ4n) is 0.566. The molecule has 0 heterocycles. The van der Waals surface area contributed by atoms with Gasteiger partial charge in [0.05, 0.1) is 5.60 Å². The van der Waals surface area contributed by atoms with Crippen LogP contribution in [0.5, 0.6) is 0 Å². The zero-order chi connectivity index (χ0) is 8.91. The smallest absolute Gasteiger partial charge is 0.0774 e. The molecule has 0 fully saturated rings. The Labute approximate surface area is 69.4 Å². The van der Waals surface area contributed by atoms with Crippen molar-refractivity contribution in [3.05, 3.63) is 23.8 Å². The van der Waals surface area contributed by atoms with Crippen molar-refractivity contribution in [3.8, 4) is 0 Å². The summed E-state index contributed by atoms with van der Waals surface area (Å²) in [4.78, 5) is 0. The van der Waals surface area contributed by atoms with Crippen LogP contribution in [0.25, 0.3) is 0 Å². The topological polar surface area (TPSA) is 20.2 Å². The lowest BCUT2D eigenvalue weighted by Crippen LogP contribution is -2.13. The standard InChI is InChI=1S/C10H18O/c1-5-9(2)7-6-8-10(3,4)11/h6-8,11H,5H2,1-4H3/b8-6+,9-7+. The number of hydrogen-bond donors (Lipinski definition) is 1. The van der Waals surface area contributed by atoms with Crippen LogP contribution in [0.4, 0.5) is 0 Å². The van der Waals surface area contributed by atoms with E-state index in [9.17, 15) is 5.11 Å². The predicted octanol–water partition coefficient (Wildman–Crippen LogP) is 2.67. The van der Waals surface area contributed by atoms with Gasteiger partial charge in [0.15, 0.2) is 0 Å². The molecule has 0 atom stereocenters. The van der Waals surface area contributed by atoms with Gasteiger partial charge in [-0.1, -0.05) is 30.7 Å². The van der Waals surface area contributed by atoms with E-state index in [1.807, 2.05) is 12.2 Å². The summed E-state index contributed by atoms with van der Waals surface area (Å²) in [6, 6.07) is 0. The van der Waals surface area contributed by atoms with Crippen LogP contribution >= 0.6 is 0 Å². The van der Waals surface area contributed by atoms with Crippen LogP contribution in [0.2, 0.25) is 0 Å². The molecule has 0 spiro atoms. The molecule has 0 aliphatic carbocycles. The third-order valence-corrected chi connectivity index (χ3v) is 1.44. The summed E-state index contributed by atoms with van der Waals surface area (Å²) in [7, 11) is 0. The molecule has 0 radical (unpaired) electrons. The quantitative estimate of drug-likeness (QED) is 0.620. The summed E-state index contributed by atoms with van der Waals surface area (Å²) in [6.07, 6.45) is 6.78. The Bertz CT molecular complexity index is 158. The van der Waals surface area contributed by atoms with E-state index in [4.69, 9.17) is 0 Å². The number of allylic oxidation sites excluding steroid dienone is 3. The molecule has 0 aliphatic heterocycles. The number of aliphatic hydroxyl groups is 1. The molecule has 0 rings (SSSR count). The molecule has 1 heteroatoms. The van der Waals surface area contributed by atoms with E-state index < -0.39 is 5.60 Å². The van der Waals surface area contributed by atoms with Crippen molar-refractivity contribution in [2.75, 3.05) is 0 Å². The van der Waals surface area contributed by atoms with Gasteiger partial charge in [-0.05, 0) is 27.2 Å². The average Bonchev–Trinajstić information content (AvgIpc) is 1.85. The van der Waals surface area contributed by atoms with E-state index in [1.165, 1.54) is 5.57 Å². The minimum atomic E-state index is -0.690. The zero-order valence-corrected chi connectivity index (χ0v) is 7.89. The fourth-order valence-corrected chi connectivity index (χ4v) is 0.566. The van der Waals surface area contributed by atoms with Gasteiger partial charge < -0.3 is 5.11 Å². The molecule has 0 bridgehead atoms. The second-order valence-corrected chi connectivity index (χ2v) is 3.38. The lowest BCUT2D eigenvalue weighted by atomic mass is 10.1. The van der Waals surface area contributed by atoms with E-state index in [1.54, 1.807) is 19.9 Å². The molecule has 0 aromatic heterocycles. The Kier molecular flexibility index (Phi) is 4.12. The van der Waals surface area contributed by atoms with Gasteiger partial charge in [-0.25, -0.2) is 0 Å². The molecular formula is C10H18O. The van der Waals surface area contributed by atoms with Crippen molar-refractivity contribution in [1.82, 2.24) is 0 Å². The third kappa shape index (κ3) is 7.34. The van der Waals surface area contributed by atoms with Gasteiger partial charge in [-0.2, -0.15) is 0 Å². The van der Waals surface area contributed by atoms with Gasteiger partial charge in [0.2, 0.25) is 0 Å². The molecule has 0 amide bonds. The van der Waals surface area contributed by atoms with Gasteiger partial charge in [-0.15, -0.1) is 0 Å². The first kappa shape index (κ1) is 10.4. The summed E-state index contributed by atoms with van der Waals surface area (Å²) in [5.41, 5.74) is 0.635. The maximum Gasteiger partial charge on any atom is 0.0774 e. The van der Waals surface area contributed by atoms with E-state index in [2.05, 4.69) is 13.8 Å². The SMILES string of the molecule is CC/C(C)=C/C=C/C(C)(C)O. The first-order chi connectivity index (χ1) is 4.95. The van der Waals surface area contributed by atoms with Crippen molar-refractivity contribution >= 4 is 0 Å². The van der Waals surface area contributed by atoms with Gasteiger partial charge in [0.1, 0.15) is 0 Å². The minimum absolute atomic E-state index is 0.690. The number of hydrogen-bond acceptors (Lipinski definition) is 1. The second-order valence-electron chi connectivity index (χ2n) is 3.38. The second kappa shape index (κ2) is 4.35. The van der Waals surface area contributed by atoms with E-state index in [0.717, 1.165) is 6.42 Å². The normalized spacial score (nSPS) is 14.5. The van der Waals surface area contributed by atoms with Crippen LogP contribution < -0.4 is 0 Å². The van der Waals surface area contributed by atoms with Crippen molar-refractivity contribution in [1.29, 1.82) is 0 Å². The van der Waals surface area contributed by atoms with Crippen LogP contribution in [0.15, 0.2) is 23.8 Å². The molecule has 64 valence electrons. The molecule has 0 unspecified atom stereocenters. The van der Waals surface area contributed by atoms with Crippen LogP contribution in [-0.4, -0.2) is 10.7 Å². The highest BCUT2D eigenvalue weighted by Crippen LogP contribution is 2.04. The van der Waals surface area contributed by atoms with E-state index >= 15 is 0 Å². The lowest BCUT2D eigenvalue weighted by Gasteiger charge is -2.09. The third-order valence-electron chi connectivity index (χ3n) is 1.44.